The maximum absolute atomic E-state index is 12.5. The van der Waals surface area contributed by atoms with Crippen LogP contribution in [0.15, 0.2) is 18.2 Å². The van der Waals surface area contributed by atoms with Crippen molar-refractivity contribution >= 4 is 23.2 Å². The third-order valence-corrected chi connectivity index (χ3v) is 4.33. The highest BCUT2D eigenvalue weighted by atomic mass is 35.5. The van der Waals surface area contributed by atoms with Crippen LogP contribution in [0.25, 0.3) is 0 Å². The Balaban J connectivity index is 1.78. The van der Waals surface area contributed by atoms with Crippen molar-refractivity contribution in [3.63, 3.8) is 0 Å². The van der Waals surface area contributed by atoms with Crippen molar-refractivity contribution in [2.75, 3.05) is 11.4 Å². The summed E-state index contributed by atoms with van der Waals surface area (Å²) in [6.07, 6.45) is 4.41. The number of hydrogen-bond donors (Lipinski definition) is 1. The summed E-state index contributed by atoms with van der Waals surface area (Å²) in [6.45, 7) is 2.77. The monoisotopic (exact) mass is 278 g/mol. The summed E-state index contributed by atoms with van der Waals surface area (Å²) in [7, 11) is 0. The standard InChI is InChI=1S/C15H19ClN2O/c1-10-4-7-12(9-13(10)16)18-8-2-3-14(15(18)19)17-11-5-6-11/h4,7,9,11,14,17H,2-3,5-6,8H2,1H3. The van der Waals surface area contributed by atoms with Crippen LogP contribution in [-0.4, -0.2) is 24.5 Å². The predicted octanol–water partition coefficient (Wildman–Crippen LogP) is 2.90. The Morgan fingerprint density at radius 1 is 1.32 bits per heavy atom. The zero-order valence-corrected chi connectivity index (χ0v) is 11.9. The van der Waals surface area contributed by atoms with Gasteiger partial charge in [0.05, 0.1) is 6.04 Å². The van der Waals surface area contributed by atoms with Crippen molar-refractivity contribution in [1.82, 2.24) is 5.32 Å². The summed E-state index contributed by atoms with van der Waals surface area (Å²) >= 11 is 6.16. The lowest BCUT2D eigenvalue weighted by atomic mass is 10.0. The molecule has 0 aromatic heterocycles. The highest BCUT2D eigenvalue weighted by Crippen LogP contribution is 2.28. The quantitative estimate of drug-likeness (QED) is 0.922. The second-order valence-electron chi connectivity index (χ2n) is 5.56. The van der Waals surface area contributed by atoms with Crippen molar-refractivity contribution < 1.29 is 4.79 Å². The Labute approximate surface area is 118 Å². The van der Waals surface area contributed by atoms with Gasteiger partial charge < -0.3 is 10.2 Å². The first-order valence-corrected chi connectivity index (χ1v) is 7.36. The lowest BCUT2D eigenvalue weighted by Crippen LogP contribution is -2.51. The van der Waals surface area contributed by atoms with Gasteiger partial charge in [-0.1, -0.05) is 17.7 Å². The van der Waals surface area contributed by atoms with Gasteiger partial charge in [0.15, 0.2) is 0 Å². The summed E-state index contributed by atoms with van der Waals surface area (Å²) in [6, 6.07) is 6.41. The highest BCUT2D eigenvalue weighted by molar-refractivity contribution is 6.31. The van der Waals surface area contributed by atoms with Crippen LogP contribution < -0.4 is 10.2 Å². The van der Waals surface area contributed by atoms with Gasteiger partial charge in [0, 0.05) is 23.3 Å². The summed E-state index contributed by atoms with van der Waals surface area (Å²) in [4.78, 5) is 14.4. The fourth-order valence-corrected chi connectivity index (χ4v) is 2.75. The number of nitrogens with zero attached hydrogens (tertiary/aromatic N) is 1. The lowest BCUT2D eigenvalue weighted by Gasteiger charge is -2.33. The van der Waals surface area contributed by atoms with Gasteiger partial charge in [0.1, 0.15) is 0 Å². The zero-order valence-electron chi connectivity index (χ0n) is 11.2. The Morgan fingerprint density at radius 2 is 2.11 bits per heavy atom. The van der Waals surface area contributed by atoms with Crippen molar-refractivity contribution in [2.45, 2.75) is 44.7 Å². The number of rotatable bonds is 3. The summed E-state index contributed by atoms with van der Waals surface area (Å²) in [5.41, 5.74) is 1.96. The summed E-state index contributed by atoms with van der Waals surface area (Å²) in [5.74, 6) is 0.193. The fraction of sp³-hybridized carbons (Fsp3) is 0.533. The molecule has 2 fully saturated rings. The minimum Gasteiger partial charge on any atom is -0.311 e. The number of benzene rings is 1. The van der Waals surface area contributed by atoms with Crippen LogP contribution in [0, 0.1) is 6.92 Å². The Morgan fingerprint density at radius 3 is 2.79 bits per heavy atom. The van der Waals surface area contributed by atoms with Crippen LogP contribution in [0.2, 0.25) is 5.02 Å². The molecule has 0 radical (unpaired) electrons. The number of carbonyl (C=O) groups excluding carboxylic acids is 1. The molecule has 1 saturated carbocycles. The van der Waals surface area contributed by atoms with E-state index in [1.165, 1.54) is 12.8 Å². The second kappa shape index (κ2) is 5.14. The largest absolute Gasteiger partial charge is 0.311 e. The fourth-order valence-electron chi connectivity index (χ4n) is 2.57. The first-order valence-electron chi connectivity index (χ1n) is 6.99. The number of anilines is 1. The first kappa shape index (κ1) is 12.9. The molecule has 1 saturated heterocycles. The molecular weight excluding hydrogens is 260 g/mol. The molecule has 1 unspecified atom stereocenters. The van der Waals surface area contributed by atoms with E-state index in [1.807, 2.05) is 30.0 Å². The molecule has 1 N–H and O–H groups in total. The molecule has 1 heterocycles. The number of hydrogen-bond acceptors (Lipinski definition) is 2. The number of carbonyl (C=O) groups is 1. The smallest absolute Gasteiger partial charge is 0.244 e. The molecular formula is C15H19ClN2O. The van der Waals surface area contributed by atoms with E-state index in [0.717, 1.165) is 35.7 Å². The molecule has 0 spiro atoms. The summed E-state index contributed by atoms with van der Waals surface area (Å²) in [5, 5.41) is 4.17. The van der Waals surface area contributed by atoms with Crippen LogP contribution in [0.1, 0.15) is 31.2 Å². The van der Waals surface area contributed by atoms with E-state index in [4.69, 9.17) is 11.6 Å². The number of halogens is 1. The van der Waals surface area contributed by atoms with E-state index in [9.17, 15) is 4.79 Å². The SMILES string of the molecule is Cc1ccc(N2CCCC(NC3CC3)C2=O)cc1Cl. The minimum atomic E-state index is -0.0127. The Hall–Kier alpha value is -1.06. The zero-order chi connectivity index (χ0) is 13.4. The van der Waals surface area contributed by atoms with Gasteiger partial charge >= 0.3 is 0 Å². The molecule has 102 valence electrons. The van der Waals surface area contributed by atoms with Gasteiger partial charge in [-0.3, -0.25) is 4.79 Å². The highest BCUT2D eigenvalue weighted by Gasteiger charge is 2.33. The normalized spacial score (nSPS) is 23.8. The summed E-state index contributed by atoms with van der Waals surface area (Å²) < 4.78 is 0. The third-order valence-electron chi connectivity index (χ3n) is 3.92. The Kier molecular flexibility index (Phi) is 3.50. The van der Waals surface area contributed by atoms with Gasteiger partial charge in [-0.25, -0.2) is 0 Å². The molecule has 4 heteroatoms. The third kappa shape index (κ3) is 2.77. The molecule has 3 nitrogen and oxygen atoms in total. The molecule has 3 rings (SSSR count). The maximum atomic E-state index is 12.5. The van der Waals surface area contributed by atoms with Gasteiger partial charge in [-0.2, -0.15) is 0 Å². The maximum Gasteiger partial charge on any atom is 0.244 e. The Bertz CT molecular complexity index is 499. The lowest BCUT2D eigenvalue weighted by molar-refractivity contribution is -0.121. The van der Waals surface area contributed by atoms with Crippen LogP contribution in [0.3, 0.4) is 0 Å². The van der Waals surface area contributed by atoms with Gasteiger partial charge in [-0.15, -0.1) is 0 Å². The van der Waals surface area contributed by atoms with E-state index in [0.29, 0.717) is 6.04 Å². The van der Waals surface area contributed by atoms with Gasteiger partial charge in [0.2, 0.25) is 5.91 Å². The molecule has 1 amide bonds. The molecule has 2 aliphatic rings. The number of aryl methyl sites for hydroxylation is 1. The second-order valence-corrected chi connectivity index (χ2v) is 5.97. The van der Waals surface area contributed by atoms with E-state index in [-0.39, 0.29) is 11.9 Å². The molecule has 0 bridgehead atoms. The molecule has 1 atom stereocenters. The van der Waals surface area contributed by atoms with Crippen LogP contribution in [0.4, 0.5) is 5.69 Å². The van der Waals surface area contributed by atoms with Gasteiger partial charge in [0.25, 0.3) is 0 Å². The van der Waals surface area contributed by atoms with Crippen molar-refractivity contribution in [3.8, 4) is 0 Å². The molecule has 1 aromatic carbocycles. The van der Waals surface area contributed by atoms with Crippen molar-refractivity contribution in [2.24, 2.45) is 0 Å². The van der Waals surface area contributed by atoms with Crippen LogP contribution in [-0.2, 0) is 4.79 Å². The average Bonchev–Trinajstić information content (AvgIpc) is 3.20. The van der Waals surface area contributed by atoms with Crippen LogP contribution >= 0.6 is 11.6 Å². The first-order chi connectivity index (χ1) is 9.15. The van der Waals surface area contributed by atoms with Crippen molar-refractivity contribution in [1.29, 1.82) is 0 Å². The predicted molar refractivity (Wildman–Crippen MR) is 77.7 cm³/mol. The minimum absolute atomic E-state index is 0.0127. The molecule has 19 heavy (non-hydrogen) atoms. The topological polar surface area (TPSA) is 32.3 Å². The molecule has 1 aliphatic carbocycles. The number of piperidine rings is 1. The molecule has 1 aromatic rings. The van der Waals surface area contributed by atoms with E-state index >= 15 is 0 Å². The number of nitrogens with one attached hydrogen (secondary N) is 1. The molecule has 1 aliphatic heterocycles. The van der Waals surface area contributed by atoms with E-state index < -0.39 is 0 Å². The van der Waals surface area contributed by atoms with E-state index in [2.05, 4.69) is 5.32 Å². The average molecular weight is 279 g/mol. The number of amides is 1. The van der Waals surface area contributed by atoms with Crippen molar-refractivity contribution in [3.05, 3.63) is 28.8 Å². The van der Waals surface area contributed by atoms with Gasteiger partial charge in [-0.05, 0) is 50.3 Å². The van der Waals surface area contributed by atoms with Crippen LogP contribution in [0.5, 0.6) is 0 Å². The van der Waals surface area contributed by atoms with E-state index in [1.54, 1.807) is 0 Å².